The Kier molecular flexibility index (Phi) is 22.2. The second-order valence-electron chi connectivity index (χ2n) is 17.7. The number of hydrogen-bond acceptors (Lipinski definition) is 33. The van der Waals surface area contributed by atoms with Crippen molar-refractivity contribution >= 4 is 145 Å². The lowest BCUT2D eigenvalue weighted by Crippen LogP contribution is -2.02. The first-order chi connectivity index (χ1) is 42.4. The number of phenolic OH excluding ortho intramolecular Hbond substituents is 2. The Hall–Kier alpha value is -7.98. The first kappa shape index (κ1) is 67.0. The summed E-state index contributed by atoms with van der Waals surface area (Å²) in [6.45, 7) is 1.53. The van der Waals surface area contributed by atoms with Crippen molar-refractivity contribution in [3.05, 3.63) is 120 Å². The van der Waals surface area contributed by atoms with Gasteiger partial charge in [-0.2, -0.15) is 25.3 Å². The minimum absolute atomic E-state index is 0.0131. The van der Waals surface area contributed by atoms with Crippen molar-refractivity contribution in [1.29, 1.82) is 0 Å². The van der Waals surface area contributed by atoms with Gasteiger partial charge in [-0.25, -0.2) is 15.8 Å². The molecule has 33 nitrogen and oxygen atoms in total. The van der Waals surface area contributed by atoms with Crippen molar-refractivity contribution in [2.45, 2.75) is 43.2 Å². The highest BCUT2D eigenvalue weighted by atomic mass is 32.2. The van der Waals surface area contributed by atoms with Gasteiger partial charge in [0.25, 0.3) is 30.4 Å². The zero-order chi connectivity index (χ0) is 64.2. The largest absolute Gasteiger partial charge is 0.505 e. The third kappa shape index (κ3) is 16.9. The molecular formula is C50H43N9O24S6. The zero-order valence-corrected chi connectivity index (χ0v) is 49.8. The van der Waals surface area contributed by atoms with Crippen LogP contribution in [0.3, 0.4) is 0 Å². The minimum Gasteiger partial charge on any atom is -0.505 e. The molecule has 0 aromatic heterocycles. The number of hydrogen-bond donors (Lipinski definition) is 11. The van der Waals surface area contributed by atoms with Crippen LogP contribution in [0.2, 0.25) is 0 Å². The van der Waals surface area contributed by atoms with Gasteiger partial charge in [0.1, 0.15) is 68.5 Å². The molecule has 39 heteroatoms. The molecule has 0 unspecified atom stereocenters. The van der Waals surface area contributed by atoms with Crippen molar-refractivity contribution in [2.24, 2.45) is 40.9 Å². The van der Waals surface area contributed by atoms with E-state index in [-0.39, 0.29) is 89.7 Å². The third-order valence-electron chi connectivity index (χ3n) is 11.7. The Labute approximate surface area is 514 Å². The number of aromatic hydroxyl groups is 2. The number of azo groups is 4. The van der Waals surface area contributed by atoms with Crippen LogP contribution >= 0.6 is 36.1 Å². The van der Waals surface area contributed by atoms with Gasteiger partial charge in [-0.3, -0.25) is 13.7 Å². The number of phenols is 2. The summed E-state index contributed by atoms with van der Waals surface area (Å²) in [7, 11) is -14.8. The van der Waals surface area contributed by atoms with E-state index in [4.69, 9.17) is 29.6 Å². The number of fused-ring (bicyclic) bond motifs is 2. The number of rotatable bonds is 28. The van der Waals surface area contributed by atoms with Crippen LogP contribution in [0.25, 0.3) is 21.5 Å². The van der Waals surface area contributed by atoms with E-state index in [1.807, 2.05) is 0 Å². The highest BCUT2D eigenvalue weighted by Crippen LogP contribution is 2.49. The maximum Gasteiger partial charge on any atom is 0.296 e. The fourth-order valence-corrected chi connectivity index (χ4v) is 11.1. The monoisotopic (exact) mass is 1350 g/mol. The van der Waals surface area contributed by atoms with Gasteiger partial charge in [-0.1, -0.05) is 15.1 Å². The van der Waals surface area contributed by atoms with Gasteiger partial charge in [0.2, 0.25) is 0 Å². The standard InChI is InChI=1S/C50H43N9O24S6/c1-25-15-37(54-52-35-24-32(87(67,68)69)6-9-41(35)85-82-79-65)49(76-13-11-60)39(17-25)56-58-45-42(86-83-80-66)21-27-19-29(3-7-33(27)47(45)62)51-30-4-8-34-28(20-30)22-44(89(73,74)75)46(48(34)63)59-57-40-18-26(2)16-38(50(40)77-14-12-61)55-53-36-23-31(84-81-78-64)5-10-43(36)88(70,71)72/h3-10,15-24,51,60-66H,11-14H2,1-2H3,(H,67,68,69)(H,70,71,72)(H,73,74,75). The lowest BCUT2D eigenvalue weighted by molar-refractivity contribution is -0.432. The van der Waals surface area contributed by atoms with E-state index in [9.17, 15) is 59.3 Å². The van der Waals surface area contributed by atoms with Crippen molar-refractivity contribution in [3.63, 3.8) is 0 Å². The average Bonchev–Trinajstić information content (AvgIpc) is 0.854. The van der Waals surface area contributed by atoms with E-state index in [0.29, 0.717) is 64.0 Å². The number of aryl methyl sites for hydroxylation is 2. The Morgan fingerprint density at radius 3 is 1.42 bits per heavy atom. The zero-order valence-electron chi connectivity index (χ0n) is 44.9. The van der Waals surface area contributed by atoms with Gasteiger partial charge >= 0.3 is 0 Å². The van der Waals surface area contributed by atoms with Crippen LogP contribution in [0, 0.1) is 13.8 Å². The molecule has 8 aromatic rings. The Morgan fingerprint density at radius 2 is 0.910 bits per heavy atom. The van der Waals surface area contributed by atoms with Crippen molar-refractivity contribution in [2.75, 3.05) is 31.7 Å². The molecule has 0 bridgehead atoms. The van der Waals surface area contributed by atoms with Crippen molar-refractivity contribution in [1.82, 2.24) is 0 Å². The summed E-state index contributed by atoms with van der Waals surface area (Å²) < 4.78 is 129. The van der Waals surface area contributed by atoms with E-state index < -0.39 is 81.1 Å². The second kappa shape index (κ2) is 29.6. The van der Waals surface area contributed by atoms with Crippen LogP contribution in [0.4, 0.5) is 56.9 Å². The maximum atomic E-state index is 13.0. The predicted octanol–water partition coefficient (Wildman–Crippen LogP) is 13.2. The Balaban J connectivity index is 1.11. The lowest BCUT2D eigenvalue weighted by Gasteiger charge is -2.14. The average molecular weight is 1350 g/mol. The van der Waals surface area contributed by atoms with E-state index in [1.165, 1.54) is 66.7 Å². The molecule has 89 heavy (non-hydrogen) atoms. The van der Waals surface area contributed by atoms with Crippen LogP contribution in [0.15, 0.2) is 179 Å². The fourth-order valence-electron chi connectivity index (χ4n) is 8.07. The minimum atomic E-state index is -5.19. The van der Waals surface area contributed by atoms with Crippen LogP contribution < -0.4 is 14.8 Å². The quantitative estimate of drug-likeness (QED) is 0.00713. The van der Waals surface area contributed by atoms with Crippen LogP contribution in [0.5, 0.6) is 23.0 Å². The van der Waals surface area contributed by atoms with E-state index >= 15 is 0 Å². The number of anilines is 2. The Bertz CT molecular complexity index is 4470. The van der Waals surface area contributed by atoms with Crippen molar-refractivity contribution in [3.8, 4) is 23.0 Å². The predicted molar refractivity (Wildman–Crippen MR) is 313 cm³/mol. The molecule has 0 atom stereocenters. The Morgan fingerprint density at radius 1 is 0.449 bits per heavy atom. The number of nitrogens with one attached hydrogen (secondary N) is 1. The summed E-state index contributed by atoms with van der Waals surface area (Å²) in [5.41, 5.74) is -0.384. The van der Waals surface area contributed by atoms with Crippen LogP contribution in [0.1, 0.15) is 11.1 Å². The molecule has 11 N–H and O–H groups in total. The van der Waals surface area contributed by atoms with Crippen molar-refractivity contribution < 1.29 is 113 Å². The van der Waals surface area contributed by atoms with Gasteiger partial charge in [0.15, 0.2) is 23.0 Å². The third-order valence-corrected chi connectivity index (χ3v) is 16.2. The van der Waals surface area contributed by atoms with Crippen LogP contribution in [-0.4, -0.2) is 102 Å². The fraction of sp³-hybridized carbons (Fsp3) is 0.120. The summed E-state index contributed by atoms with van der Waals surface area (Å²) in [5, 5.41) is 117. The number of ether oxygens (including phenoxy) is 2. The summed E-state index contributed by atoms with van der Waals surface area (Å²) >= 11 is 1.28. The highest BCUT2D eigenvalue weighted by molar-refractivity contribution is 7.95. The van der Waals surface area contributed by atoms with Gasteiger partial charge in [0, 0.05) is 27.0 Å². The molecule has 8 rings (SSSR count). The van der Waals surface area contributed by atoms with Gasteiger partial charge in [-0.15, -0.1) is 53.9 Å². The molecule has 0 amide bonds. The number of benzene rings is 8. The summed E-state index contributed by atoms with van der Waals surface area (Å²) in [6.07, 6.45) is 0. The molecule has 0 radical (unpaired) electrons. The molecular weight excluding hydrogens is 1300 g/mol. The number of aliphatic hydroxyl groups is 2. The molecule has 0 aliphatic heterocycles. The van der Waals surface area contributed by atoms with Gasteiger partial charge < -0.3 is 35.2 Å². The molecule has 0 spiro atoms. The molecule has 0 aliphatic rings. The lowest BCUT2D eigenvalue weighted by atomic mass is 10.1. The summed E-state index contributed by atoms with van der Waals surface area (Å²) in [6, 6.07) is 23.7. The molecule has 8 aromatic carbocycles. The van der Waals surface area contributed by atoms with Gasteiger partial charge in [0.05, 0.1) is 64.0 Å². The maximum absolute atomic E-state index is 13.0. The molecule has 0 heterocycles. The first-order valence-electron chi connectivity index (χ1n) is 24.4. The van der Waals surface area contributed by atoms with E-state index in [1.54, 1.807) is 26.0 Å². The van der Waals surface area contributed by atoms with E-state index in [2.05, 4.69) is 70.0 Å². The molecule has 0 aliphatic carbocycles. The second-order valence-corrected chi connectivity index (χ2v) is 24.2. The van der Waals surface area contributed by atoms with E-state index in [0.717, 1.165) is 30.3 Å². The molecule has 0 fully saturated rings. The van der Waals surface area contributed by atoms with Crippen LogP contribution in [-0.2, 0) is 58.5 Å². The number of aliphatic hydroxyl groups excluding tert-OH is 2. The summed E-state index contributed by atoms with van der Waals surface area (Å²) in [5.74, 6) is -1.57. The molecule has 0 saturated heterocycles. The molecule has 0 saturated carbocycles. The molecule has 468 valence electrons. The smallest absolute Gasteiger partial charge is 0.296 e. The van der Waals surface area contributed by atoms with Gasteiger partial charge in [-0.05, 0) is 145 Å². The normalized spacial score (nSPS) is 12.5. The topological polar surface area (TPSA) is 489 Å². The number of nitrogens with zero attached hydrogens (tertiary/aromatic N) is 8. The first-order valence-corrected chi connectivity index (χ1v) is 30.9. The highest BCUT2D eigenvalue weighted by Gasteiger charge is 2.25. The SMILES string of the molecule is Cc1cc(N=Nc2cc(S(=O)(=O)O)ccc2SOOO)c(OCCO)c(N=Nc2c(SOOO)cc3cc(Nc4ccc5c(O)c(N=Nc6cc(C)cc(N=Nc7cc(SOOO)ccc7S(=O)(=O)O)c6OCCO)c(S(=O)(=O)O)cc5c4)ccc3c2O)c1. The summed E-state index contributed by atoms with van der Waals surface area (Å²) in [4.78, 5) is -1.93.